The Morgan fingerprint density at radius 3 is 2.75 bits per heavy atom. The van der Waals surface area contributed by atoms with Crippen molar-refractivity contribution in [3.63, 3.8) is 0 Å². The lowest BCUT2D eigenvalue weighted by Gasteiger charge is -2.42. The van der Waals surface area contributed by atoms with Crippen molar-refractivity contribution in [1.82, 2.24) is 9.78 Å². The van der Waals surface area contributed by atoms with E-state index in [-0.39, 0.29) is 5.41 Å². The van der Waals surface area contributed by atoms with Gasteiger partial charge in [-0.1, -0.05) is 29.7 Å². The highest BCUT2D eigenvalue weighted by Crippen LogP contribution is 2.65. The van der Waals surface area contributed by atoms with Gasteiger partial charge in [0.1, 0.15) is 5.60 Å². The number of fused-ring (bicyclic) bond motifs is 2. The monoisotopic (exact) mass is 316 g/mol. The summed E-state index contributed by atoms with van der Waals surface area (Å²) in [6, 6.07) is 10.2. The molecule has 0 spiro atoms. The van der Waals surface area contributed by atoms with Crippen molar-refractivity contribution in [2.24, 2.45) is 11.3 Å². The number of hydrogen-bond donors (Lipinski definition) is 1. The number of rotatable bonds is 2. The average molecular weight is 316 g/mol. The number of para-hydroxylation sites is 1. The molecule has 1 N–H and O–H groups in total. The zero-order chi connectivity index (χ0) is 16.4. The molecule has 2 aromatic rings. The van der Waals surface area contributed by atoms with E-state index in [4.69, 9.17) is 6.42 Å². The molecule has 3 nitrogen and oxygen atoms in total. The summed E-state index contributed by atoms with van der Waals surface area (Å²) in [6.07, 6.45) is 14.7. The molecule has 1 aromatic carbocycles. The van der Waals surface area contributed by atoms with Gasteiger partial charge >= 0.3 is 0 Å². The number of hydrogen-bond acceptors (Lipinski definition) is 2. The molecule has 0 amide bonds. The van der Waals surface area contributed by atoms with E-state index in [0.717, 1.165) is 24.2 Å². The molecule has 3 aliphatic rings. The second kappa shape index (κ2) is 4.62. The van der Waals surface area contributed by atoms with Gasteiger partial charge in [-0.05, 0) is 61.8 Å². The number of nitrogens with zero attached hydrogens (tertiary/aromatic N) is 2. The maximum atomic E-state index is 11.2. The summed E-state index contributed by atoms with van der Waals surface area (Å²) in [4.78, 5) is 0. The summed E-state index contributed by atoms with van der Waals surface area (Å²) in [5.74, 6) is 3.27. The van der Waals surface area contributed by atoms with E-state index in [1.54, 1.807) is 0 Å². The SMILES string of the molecule is C#C[C@]1(O)CCC2=Cc3c(cnn3-c3ccccc3)C[C@@]21C1CC1. The van der Waals surface area contributed by atoms with E-state index in [2.05, 4.69) is 29.2 Å². The highest BCUT2D eigenvalue weighted by molar-refractivity contribution is 5.64. The molecule has 120 valence electrons. The van der Waals surface area contributed by atoms with Crippen molar-refractivity contribution < 1.29 is 5.11 Å². The minimum Gasteiger partial charge on any atom is -0.377 e. The van der Waals surface area contributed by atoms with Crippen LogP contribution in [0.4, 0.5) is 0 Å². The molecule has 3 heteroatoms. The lowest BCUT2D eigenvalue weighted by Crippen LogP contribution is -2.47. The summed E-state index contributed by atoms with van der Waals surface area (Å²) in [7, 11) is 0. The van der Waals surface area contributed by atoms with Crippen molar-refractivity contribution in [3.8, 4) is 18.0 Å². The minimum atomic E-state index is -1.01. The van der Waals surface area contributed by atoms with Crippen LogP contribution in [0.5, 0.6) is 0 Å². The molecule has 0 radical (unpaired) electrons. The smallest absolute Gasteiger partial charge is 0.135 e. The topological polar surface area (TPSA) is 38.1 Å². The third kappa shape index (κ3) is 1.64. The Kier molecular flexibility index (Phi) is 2.71. The van der Waals surface area contributed by atoms with Gasteiger partial charge in [0.15, 0.2) is 0 Å². The first-order chi connectivity index (χ1) is 11.7. The predicted octanol–water partition coefficient (Wildman–Crippen LogP) is 3.37. The lowest BCUT2D eigenvalue weighted by atomic mass is 9.63. The van der Waals surface area contributed by atoms with Crippen LogP contribution in [0, 0.1) is 23.7 Å². The number of aromatic nitrogens is 2. The van der Waals surface area contributed by atoms with Crippen LogP contribution >= 0.6 is 0 Å². The van der Waals surface area contributed by atoms with E-state index >= 15 is 0 Å². The molecule has 0 saturated heterocycles. The highest BCUT2D eigenvalue weighted by Gasteiger charge is 2.63. The van der Waals surface area contributed by atoms with Crippen LogP contribution in [0.15, 0.2) is 42.1 Å². The lowest BCUT2D eigenvalue weighted by molar-refractivity contribution is -0.00845. The Bertz CT molecular complexity index is 884. The van der Waals surface area contributed by atoms with Crippen molar-refractivity contribution >= 4 is 6.08 Å². The Labute approximate surface area is 142 Å². The molecule has 0 bridgehead atoms. The van der Waals surface area contributed by atoms with Crippen LogP contribution in [-0.2, 0) is 6.42 Å². The van der Waals surface area contributed by atoms with E-state index in [9.17, 15) is 5.11 Å². The van der Waals surface area contributed by atoms with E-state index in [1.165, 1.54) is 24.0 Å². The summed E-state index contributed by atoms with van der Waals surface area (Å²) in [5, 5.41) is 15.8. The van der Waals surface area contributed by atoms with Gasteiger partial charge in [0, 0.05) is 5.41 Å². The van der Waals surface area contributed by atoms with Crippen LogP contribution in [-0.4, -0.2) is 20.5 Å². The van der Waals surface area contributed by atoms with E-state index in [0.29, 0.717) is 12.3 Å². The zero-order valence-corrected chi connectivity index (χ0v) is 13.6. The fourth-order valence-electron chi connectivity index (χ4n) is 4.93. The largest absolute Gasteiger partial charge is 0.377 e. The van der Waals surface area contributed by atoms with Gasteiger partial charge in [-0.3, -0.25) is 0 Å². The molecule has 2 atom stereocenters. The summed E-state index contributed by atoms with van der Waals surface area (Å²) in [5.41, 5.74) is 3.47. The van der Waals surface area contributed by atoms with Crippen LogP contribution < -0.4 is 0 Å². The Balaban J connectivity index is 1.67. The molecule has 0 unspecified atom stereocenters. The van der Waals surface area contributed by atoms with Gasteiger partial charge in [0.2, 0.25) is 0 Å². The second-order valence-electron chi connectivity index (χ2n) is 7.40. The maximum Gasteiger partial charge on any atom is 0.135 e. The van der Waals surface area contributed by atoms with Crippen LogP contribution in [0.3, 0.4) is 0 Å². The molecule has 3 aliphatic carbocycles. The van der Waals surface area contributed by atoms with Crippen LogP contribution in [0.25, 0.3) is 11.8 Å². The molecule has 1 aromatic heterocycles. The maximum absolute atomic E-state index is 11.2. The third-order valence-electron chi connectivity index (χ3n) is 6.25. The van der Waals surface area contributed by atoms with Crippen LogP contribution in [0.2, 0.25) is 0 Å². The first kappa shape index (κ1) is 14.1. The first-order valence-electron chi connectivity index (χ1n) is 8.71. The molecule has 5 rings (SSSR count). The molecule has 1 heterocycles. The third-order valence-corrected chi connectivity index (χ3v) is 6.25. The number of aliphatic hydroxyl groups is 1. The van der Waals surface area contributed by atoms with Crippen molar-refractivity contribution in [2.75, 3.05) is 0 Å². The van der Waals surface area contributed by atoms with Crippen molar-refractivity contribution in [1.29, 1.82) is 0 Å². The van der Waals surface area contributed by atoms with Gasteiger partial charge in [-0.25, -0.2) is 4.68 Å². The summed E-state index contributed by atoms with van der Waals surface area (Å²) >= 11 is 0. The Hall–Kier alpha value is -2.31. The van der Waals surface area contributed by atoms with Gasteiger partial charge in [-0.2, -0.15) is 5.10 Å². The van der Waals surface area contributed by atoms with Gasteiger partial charge in [-0.15, -0.1) is 6.42 Å². The fraction of sp³-hybridized carbons (Fsp3) is 0.381. The molecule has 0 aliphatic heterocycles. The van der Waals surface area contributed by atoms with Gasteiger partial charge < -0.3 is 5.11 Å². The van der Waals surface area contributed by atoms with Crippen LogP contribution in [0.1, 0.15) is 36.9 Å². The molecular weight excluding hydrogens is 296 g/mol. The fourth-order valence-corrected chi connectivity index (χ4v) is 4.93. The van der Waals surface area contributed by atoms with E-state index in [1.807, 2.05) is 29.1 Å². The predicted molar refractivity (Wildman–Crippen MR) is 93.4 cm³/mol. The first-order valence-corrected chi connectivity index (χ1v) is 8.71. The summed E-state index contributed by atoms with van der Waals surface area (Å²) in [6.45, 7) is 0. The van der Waals surface area contributed by atoms with Crippen molar-refractivity contribution in [2.45, 2.75) is 37.7 Å². The second-order valence-corrected chi connectivity index (χ2v) is 7.40. The van der Waals surface area contributed by atoms with Gasteiger partial charge in [0.05, 0.1) is 17.6 Å². The zero-order valence-electron chi connectivity index (χ0n) is 13.6. The molecule has 24 heavy (non-hydrogen) atoms. The normalized spacial score (nSPS) is 31.1. The standard InChI is InChI=1S/C21H20N2O/c1-2-20(24)11-10-17-12-19-15(13-21(17,20)16-8-9-16)14-22-23(19)18-6-4-3-5-7-18/h1,3-7,12,14,16,24H,8-11,13H2/t20-,21+/m0/s1. The number of terminal acetylenes is 1. The highest BCUT2D eigenvalue weighted by atomic mass is 16.3. The molecular formula is C21H20N2O. The Morgan fingerprint density at radius 2 is 2.04 bits per heavy atom. The number of benzene rings is 1. The Morgan fingerprint density at radius 1 is 1.25 bits per heavy atom. The average Bonchev–Trinajstić information content (AvgIpc) is 3.34. The minimum absolute atomic E-state index is 0.265. The summed E-state index contributed by atoms with van der Waals surface area (Å²) < 4.78 is 2.01. The molecule has 2 saturated carbocycles. The van der Waals surface area contributed by atoms with E-state index < -0.39 is 5.60 Å². The quantitative estimate of drug-likeness (QED) is 0.863. The molecule has 2 fully saturated rings. The van der Waals surface area contributed by atoms with Crippen molar-refractivity contribution in [3.05, 3.63) is 53.4 Å². The van der Waals surface area contributed by atoms with Gasteiger partial charge in [0.25, 0.3) is 0 Å².